The lowest BCUT2D eigenvalue weighted by molar-refractivity contribution is -0.132. The number of nitrogens with zero attached hydrogens (tertiary/aromatic N) is 1. The molecule has 1 aromatic rings. The molecule has 1 unspecified atom stereocenters. The Bertz CT molecular complexity index is 430. The molecule has 18 heavy (non-hydrogen) atoms. The molecule has 1 heterocycles. The molecule has 1 fully saturated rings. The Morgan fingerprint density at radius 1 is 1.50 bits per heavy atom. The van der Waals surface area contributed by atoms with Gasteiger partial charge in [-0.3, -0.25) is 4.79 Å². The van der Waals surface area contributed by atoms with Gasteiger partial charge in [0.1, 0.15) is 11.9 Å². The molecule has 4 nitrogen and oxygen atoms in total. The zero-order valence-corrected chi connectivity index (χ0v) is 10.6. The molecule has 1 atom stereocenters. The van der Waals surface area contributed by atoms with E-state index in [1.54, 1.807) is 13.0 Å². The van der Waals surface area contributed by atoms with Crippen molar-refractivity contribution < 1.29 is 13.9 Å². The Morgan fingerprint density at radius 3 is 2.94 bits per heavy atom. The summed E-state index contributed by atoms with van der Waals surface area (Å²) in [7, 11) is 1.94. The van der Waals surface area contributed by atoms with Crippen LogP contribution in [0.5, 0.6) is 0 Å². The van der Waals surface area contributed by atoms with Gasteiger partial charge in [0.05, 0.1) is 6.61 Å². The summed E-state index contributed by atoms with van der Waals surface area (Å²) in [6.07, 6.45) is -0.493. The molecule has 1 saturated heterocycles. The number of anilines is 1. The maximum absolute atomic E-state index is 13.2. The second kappa shape index (κ2) is 5.46. The molecule has 1 aliphatic heterocycles. The molecule has 1 N–H and O–H groups in total. The van der Waals surface area contributed by atoms with Crippen molar-refractivity contribution in [1.82, 2.24) is 4.90 Å². The maximum Gasteiger partial charge on any atom is 0.254 e. The Kier molecular flexibility index (Phi) is 3.93. The van der Waals surface area contributed by atoms with E-state index >= 15 is 0 Å². The van der Waals surface area contributed by atoms with Crippen LogP contribution in [0.1, 0.15) is 5.56 Å². The molecule has 2 rings (SSSR count). The largest absolute Gasteiger partial charge is 0.366 e. The van der Waals surface area contributed by atoms with E-state index in [0.29, 0.717) is 18.8 Å². The van der Waals surface area contributed by atoms with Gasteiger partial charge in [-0.2, -0.15) is 0 Å². The van der Waals surface area contributed by atoms with E-state index in [1.165, 1.54) is 12.1 Å². The van der Waals surface area contributed by atoms with Crippen LogP contribution in [-0.2, 0) is 9.53 Å². The van der Waals surface area contributed by atoms with Gasteiger partial charge in [0, 0.05) is 18.8 Å². The number of rotatable bonds is 2. The smallest absolute Gasteiger partial charge is 0.254 e. The molecule has 5 heteroatoms. The summed E-state index contributed by atoms with van der Waals surface area (Å²) in [6, 6.07) is 4.45. The summed E-state index contributed by atoms with van der Waals surface area (Å²) in [5.41, 5.74) is 1.24. The van der Waals surface area contributed by atoms with E-state index in [0.717, 1.165) is 12.1 Å². The van der Waals surface area contributed by atoms with Crippen molar-refractivity contribution in [3.63, 3.8) is 0 Å². The van der Waals surface area contributed by atoms with Gasteiger partial charge in [-0.1, -0.05) is 0 Å². The first-order valence-corrected chi connectivity index (χ1v) is 5.93. The number of ether oxygens (including phenoxy) is 1. The number of likely N-dealkylation sites (N-methyl/N-ethyl adjacent to an activating group) is 1. The fourth-order valence-electron chi connectivity index (χ4n) is 1.97. The molecule has 0 spiro atoms. The zero-order valence-electron chi connectivity index (χ0n) is 10.6. The fraction of sp³-hybridized carbons (Fsp3) is 0.462. The van der Waals surface area contributed by atoms with Gasteiger partial charge in [-0.15, -0.1) is 0 Å². The number of benzene rings is 1. The van der Waals surface area contributed by atoms with Crippen molar-refractivity contribution >= 4 is 11.6 Å². The number of hydrogen-bond donors (Lipinski definition) is 1. The van der Waals surface area contributed by atoms with E-state index < -0.39 is 6.10 Å². The van der Waals surface area contributed by atoms with Crippen LogP contribution in [0.4, 0.5) is 10.1 Å². The van der Waals surface area contributed by atoms with E-state index in [9.17, 15) is 9.18 Å². The number of carbonyl (C=O) groups is 1. The Morgan fingerprint density at radius 2 is 2.28 bits per heavy atom. The summed E-state index contributed by atoms with van der Waals surface area (Å²) in [5.74, 6) is -0.585. The van der Waals surface area contributed by atoms with Gasteiger partial charge in [0.2, 0.25) is 0 Å². The molecule has 98 valence electrons. The molecule has 0 aromatic heterocycles. The predicted molar refractivity (Wildman–Crippen MR) is 67.0 cm³/mol. The first-order valence-electron chi connectivity index (χ1n) is 5.93. The number of hydrogen-bond acceptors (Lipinski definition) is 3. The molecule has 1 aliphatic rings. The van der Waals surface area contributed by atoms with Gasteiger partial charge in [0.15, 0.2) is 0 Å². The highest BCUT2D eigenvalue weighted by Gasteiger charge is 2.24. The van der Waals surface area contributed by atoms with Gasteiger partial charge < -0.3 is 15.0 Å². The normalized spacial score (nSPS) is 20.7. The lowest BCUT2D eigenvalue weighted by Gasteiger charge is -2.29. The molecule has 0 saturated carbocycles. The molecule has 0 radical (unpaired) electrons. The average Bonchev–Trinajstić information content (AvgIpc) is 2.27. The molecule has 1 amide bonds. The fourth-order valence-corrected chi connectivity index (χ4v) is 1.97. The SMILES string of the molecule is Cc1cc(F)cc(NC(=O)C2CN(C)CCO2)c1. The van der Waals surface area contributed by atoms with Crippen LogP contribution in [0.15, 0.2) is 18.2 Å². The zero-order chi connectivity index (χ0) is 13.1. The third-order valence-electron chi connectivity index (χ3n) is 2.87. The topological polar surface area (TPSA) is 41.6 Å². The monoisotopic (exact) mass is 252 g/mol. The van der Waals surface area contributed by atoms with Crippen molar-refractivity contribution in [3.05, 3.63) is 29.6 Å². The van der Waals surface area contributed by atoms with Crippen LogP contribution in [0, 0.1) is 12.7 Å². The second-order valence-electron chi connectivity index (χ2n) is 4.63. The maximum atomic E-state index is 13.2. The number of carbonyl (C=O) groups excluding carboxylic acids is 1. The summed E-state index contributed by atoms with van der Waals surface area (Å²) < 4.78 is 18.6. The van der Waals surface area contributed by atoms with Gasteiger partial charge in [-0.25, -0.2) is 4.39 Å². The first kappa shape index (κ1) is 13.0. The van der Waals surface area contributed by atoms with E-state index in [1.807, 2.05) is 11.9 Å². The summed E-state index contributed by atoms with van der Waals surface area (Å²) in [6.45, 7) is 3.70. The second-order valence-corrected chi connectivity index (χ2v) is 4.63. The Balaban J connectivity index is 2.02. The van der Waals surface area contributed by atoms with Crippen LogP contribution in [0.25, 0.3) is 0 Å². The highest BCUT2D eigenvalue weighted by Crippen LogP contribution is 2.14. The highest BCUT2D eigenvalue weighted by atomic mass is 19.1. The van der Waals surface area contributed by atoms with Crippen LogP contribution >= 0.6 is 0 Å². The predicted octanol–water partition coefficient (Wildman–Crippen LogP) is 1.40. The minimum absolute atomic E-state index is 0.230. The third kappa shape index (κ3) is 3.27. The van der Waals surface area contributed by atoms with Crippen molar-refractivity contribution in [1.29, 1.82) is 0 Å². The van der Waals surface area contributed by atoms with Crippen LogP contribution in [-0.4, -0.2) is 43.7 Å². The van der Waals surface area contributed by atoms with Crippen LogP contribution in [0.2, 0.25) is 0 Å². The summed E-state index contributed by atoms with van der Waals surface area (Å²) in [4.78, 5) is 14.0. The number of halogens is 1. The summed E-state index contributed by atoms with van der Waals surface area (Å²) in [5, 5.41) is 2.68. The molecule has 0 bridgehead atoms. The average molecular weight is 252 g/mol. The minimum atomic E-state index is -0.493. The van der Waals surface area contributed by atoms with E-state index in [-0.39, 0.29) is 11.7 Å². The standard InChI is InChI=1S/C13H17FN2O2/c1-9-5-10(14)7-11(6-9)15-13(17)12-8-16(2)3-4-18-12/h5-7,12H,3-4,8H2,1-2H3,(H,15,17). The Hall–Kier alpha value is -1.46. The quantitative estimate of drug-likeness (QED) is 0.865. The molecular weight excluding hydrogens is 235 g/mol. The van der Waals surface area contributed by atoms with E-state index in [4.69, 9.17) is 4.74 Å². The molecule has 0 aliphatic carbocycles. The molecular formula is C13H17FN2O2. The molecule has 1 aromatic carbocycles. The van der Waals surface area contributed by atoms with Gasteiger partial charge in [0.25, 0.3) is 5.91 Å². The number of amides is 1. The van der Waals surface area contributed by atoms with Gasteiger partial charge >= 0.3 is 0 Å². The highest BCUT2D eigenvalue weighted by molar-refractivity contribution is 5.94. The number of aryl methyl sites for hydroxylation is 1. The lowest BCUT2D eigenvalue weighted by atomic mass is 10.2. The number of nitrogens with one attached hydrogen (secondary N) is 1. The first-order chi connectivity index (χ1) is 8.54. The van der Waals surface area contributed by atoms with Crippen molar-refractivity contribution in [3.8, 4) is 0 Å². The van der Waals surface area contributed by atoms with E-state index in [2.05, 4.69) is 5.32 Å². The number of morpholine rings is 1. The van der Waals surface area contributed by atoms with Crippen molar-refractivity contribution in [2.24, 2.45) is 0 Å². The van der Waals surface area contributed by atoms with Crippen LogP contribution < -0.4 is 5.32 Å². The minimum Gasteiger partial charge on any atom is -0.366 e. The van der Waals surface area contributed by atoms with Crippen molar-refractivity contribution in [2.45, 2.75) is 13.0 Å². The lowest BCUT2D eigenvalue weighted by Crippen LogP contribution is -2.46. The van der Waals surface area contributed by atoms with Crippen LogP contribution in [0.3, 0.4) is 0 Å². The van der Waals surface area contributed by atoms with Crippen molar-refractivity contribution in [2.75, 3.05) is 32.1 Å². The Labute approximate surface area is 106 Å². The van der Waals surface area contributed by atoms with Gasteiger partial charge in [-0.05, 0) is 37.7 Å². The third-order valence-corrected chi connectivity index (χ3v) is 2.87. The summed E-state index contributed by atoms with van der Waals surface area (Å²) >= 11 is 0.